The second kappa shape index (κ2) is 6.24. The summed E-state index contributed by atoms with van der Waals surface area (Å²) in [5.41, 5.74) is 3.41. The highest BCUT2D eigenvalue weighted by atomic mass is 16.4. The predicted molar refractivity (Wildman–Crippen MR) is 88.2 cm³/mol. The summed E-state index contributed by atoms with van der Waals surface area (Å²) in [5.74, 6) is -1.31. The molecule has 0 atom stereocenters. The first-order chi connectivity index (χ1) is 10.7. The molecule has 0 spiro atoms. The number of aryl methyl sites for hydroxylation is 2. The quantitative estimate of drug-likeness (QED) is 0.906. The van der Waals surface area contributed by atoms with Gasteiger partial charge in [-0.2, -0.15) is 5.10 Å². The molecule has 0 saturated heterocycles. The van der Waals surface area contributed by atoms with Crippen LogP contribution in [-0.2, 0) is 0 Å². The van der Waals surface area contributed by atoms with E-state index in [1.54, 1.807) is 17.7 Å². The molecule has 0 aliphatic rings. The van der Waals surface area contributed by atoms with Crippen LogP contribution in [0.5, 0.6) is 0 Å². The van der Waals surface area contributed by atoms with Gasteiger partial charge in [0.25, 0.3) is 5.91 Å². The third-order valence-corrected chi connectivity index (χ3v) is 3.83. The van der Waals surface area contributed by atoms with Crippen LogP contribution < -0.4 is 5.32 Å². The molecule has 6 nitrogen and oxygen atoms in total. The fraction of sp³-hybridized carbons (Fsp3) is 0.353. The van der Waals surface area contributed by atoms with Crippen molar-refractivity contribution in [3.8, 4) is 0 Å². The van der Waals surface area contributed by atoms with E-state index in [0.717, 1.165) is 11.3 Å². The van der Waals surface area contributed by atoms with Gasteiger partial charge in [0.2, 0.25) is 0 Å². The van der Waals surface area contributed by atoms with E-state index in [9.17, 15) is 14.7 Å². The summed E-state index contributed by atoms with van der Waals surface area (Å²) in [5, 5.41) is 16.2. The van der Waals surface area contributed by atoms with Crippen molar-refractivity contribution in [3.05, 3.63) is 46.3 Å². The number of aromatic carboxylic acids is 1. The minimum atomic E-state index is -1.01. The van der Waals surface area contributed by atoms with E-state index >= 15 is 0 Å². The van der Waals surface area contributed by atoms with Gasteiger partial charge in [0.1, 0.15) is 0 Å². The fourth-order valence-electron chi connectivity index (χ4n) is 2.57. The Balaban J connectivity index is 2.34. The molecule has 122 valence electrons. The largest absolute Gasteiger partial charge is 0.478 e. The number of carbonyl (C=O) groups excluding carboxylic acids is 1. The van der Waals surface area contributed by atoms with Crippen LogP contribution in [0, 0.1) is 20.8 Å². The maximum Gasteiger partial charge on any atom is 0.336 e. The summed E-state index contributed by atoms with van der Waals surface area (Å²) in [7, 11) is 0. The first-order valence-corrected chi connectivity index (χ1v) is 7.42. The Labute approximate surface area is 135 Å². The van der Waals surface area contributed by atoms with Crippen LogP contribution in [0.15, 0.2) is 18.3 Å². The molecule has 1 heterocycles. The number of rotatable bonds is 4. The van der Waals surface area contributed by atoms with Crippen molar-refractivity contribution < 1.29 is 14.7 Å². The second-order valence-electron chi connectivity index (χ2n) is 5.92. The summed E-state index contributed by atoms with van der Waals surface area (Å²) in [6.45, 7) is 9.39. The Kier molecular flexibility index (Phi) is 4.54. The van der Waals surface area contributed by atoms with E-state index in [1.807, 2.05) is 27.7 Å². The zero-order valence-corrected chi connectivity index (χ0v) is 14.0. The standard InChI is InChI=1S/C17H21N3O3/c1-9(2)20-12(5)14(8-18-20)16(21)19-15-7-13(17(22)23)10(3)6-11(15)4/h6-9H,1-5H3,(H,19,21)(H,22,23). The van der Waals surface area contributed by atoms with Crippen molar-refractivity contribution in [1.29, 1.82) is 0 Å². The molecule has 23 heavy (non-hydrogen) atoms. The molecular formula is C17H21N3O3. The van der Waals surface area contributed by atoms with E-state index in [4.69, 9.17) is 0 Å². The van der Waals surface area contributed by atoms with Gasteiger partial charge in [0.15, 0.2) is 0 Å². The molecule has 0 aliphatic carbocycles. The third-order valence-electron chi connectivity index (χ3n) is 3.83. The second-order valence-corrected chi connectivity index (χ2v) is 5.92. The Morgan fingerprint density at radius 1 is 1.13 bits per heavy atom. The van der Waals surface area contributed by atoms with Crippen molar-refractivity contribution in [2.75, 3.05) is 5.32 Å². The van der Waals surface area contributed by atoms with Crippen molar-refractivity contribution in [1.82, 2.24) is 9.78 Å². The number of hydrogen-bond donors (Lipinski definition) is 2. The average molecular weight is 315 g/mol. The summed E-state index contributed by atoms with van der Waals surface area (Å²) < 4.78 is 1.78. The zero-order chi connectivity index (χ0) is 17.3. The summed E-state index contributed by atoms with van der Waals surface area (Å²) in [6.07, 6.45) is 1.53. The predicted octanol–water partition coefficient (Wildman–Crippen LogP) is 3.34. The lowest BCUT2D eigenvalue weighted by atomic mass is 10.0. The number of nitrogens with zero attached hydrogens (tertiary/aromatic N) is 2. The van der Waals surface area contributed by atoms with Gasteiger partial charge in [-0.1, -0.05) is 6.07 Å². The number of aromatic nitrogens is 2. The van der Waals surface area contributed by atoms with Crippen LogP contribution >= 0.6 is 0 Å². The molecule has 0 saturated carbocycles. The van der Waals surface area contributed by atoms with Crippen LogP contribution in [0.3, 0.4) is 0 Å². The van der Waals surface area contributed by atoms with E-state index in [-0.39, 0.29) is 17.5 Å². The number of carboxylic acid groups (broad SMARTS) is 1. The number of amides is 1. The maximum atomic E-state index is 12.5. The molecule has 0 fully saturated rings. The van der Waals surface area contributed by atoms with Crippen LogP contribution in [0.4, 0.5) is 5.69 Å². The molecule has 0 radical (unpaired) electrons. The molecule has 1 aromatic carbocycles. The van der Waals surface area contributed by atoms with Crippen molar-refractivity contribution in [2.24, 2.45) is 0 Å². The SMILES string of the molecule is Cc1cc(C)c(C(=O)O)cc1NC(=O)c1cnn(C(C)C)c1C. The van der Waals surface area contributed by atoms with Gasteiger partial charge in [-0.25, -0.2) is 4.79 Å². The van der Waals surface area contributed by atoms with Gasteiger partial charge in [0, 0.05) is 17.4 Å². The fourth-order valence-corrected chi connectivity index (χ4v) is 2.57. The molecular weight excluding hydrogens is 294 g/mol. The van der Waals surface area contributed by atoms with E-state index in [1.165, 1.54) is 12.3 Å². The number of hydrogen-bond acceptors (Lipinski definition) is 3. The minimum Gasteiger partial charge on any atom is -0.478 e. The molecule has 6 heteroatoms. The summed E-state index contributed by atoms with van der Waals surface area (Å²) in [6, 6.07) is 3.41. The molecule has 0 unspecified atom stereocenters. The van der Waals surface area contributed by atoms with Gasteiger partial charge in [0.05, 0.1) is 17.3 Å². The molecule has 2 N–H and O–H groups in total. The van der Waals surface area contributed by atoms with Gasteiger partial charge < -0.3 is 10.4 Å². The van der Waals surface area contributed by atoms with Gasteiger partial charge >= 0.3 is 5.97 Å². The highest BCUT2D eigenvalue weighted by Crippen LogP contribution is 2.22. The van der Waals surface area contributed by atoms with Gasteiger partial charge in [-0.3, -0.25) is 9.48 Å². The van der Waals surface area contributed by atoms with E-state index < -0.39 is 5.97 Å². The first-order valence-electron chi connectivity index (χ1n) is 7.42. The molecule has 1 aromatic heterocycles. The van der Waals surface area contributed by atoms with Crippen LogP contribution in [-0.4, -0.2) is 26.8 Å². The molecule has 2 rings (SSSR count). The van der Waals surface area contributed by atoms with Crippen LogP contribution in [0.2, 0.25) is 0 Å². The molecule has 1 amide bonds. The Bertz CT molecular complexity index is 776. The van der Waals surface area contributed by atoms with E-state index in [2.05, 4.69) is 10.4 Å². The normalized spacial score (nSPS) is 10.9. The summed E-state index contributed by atoms with van der Waals surface area (Å²) in [4.78, 5) is 23.7. The summed E-state index contributed by atoms with van der Waals surface area (Å²) >= 11 is 0. The Hall–Kier alpha value is -2.63. The van der Waals surface area contributed by atoms with Crippen LogP contribution in [0.1, 0.15) is 57.4 Å². The molecule has 0 aliphatic heterocycles. The van der Waals surface area contributed by atoms with E-state index in [0.29, 0.717) is 16.8 Å². The monoisotopic (exact) mass is 315 g/mol. The zero-order valence-electron chi connectivity index (χ0n) is 14.0. The lowest BCUT2D eigenvalue weighted by Crippen LogP contribution is -2.15. The van der Waals surface area contributed by atoms with Crippen molar-refractivity contribution in [2.45, 2.75) is 40.7 Å². The number of carbonyl (C=O) groups is 2. The number of benzene rings is 1. The Morgan fingerprint density at radius 3 is 2.30 bits per heavy atom. The van der Waals surface area contributed by atoms with Crippen LogP contribution in [0.25, 0.3) is 0 Å². The molecule has 0 bridgehead atoms. The highest BCUT2D eigenvalue weighted by molar-refractivity contribution is 6.06. The lowest BCUT2D eigenvalue weighted by Gasteiger charge is -2.12. The smallest absolute Gasteiger partial charge is 0.336 e. The van der Waals surface area contributed by atoms with Crippen molar-refractivity contribution in [3.63, 3.8) is 0 Å². The third kappa shape index (κ3) is 3.26. The van der Waals surface area contributed by atoms with Gasteiger partial charge in [-0.15, -0.1) is 0 Å². The topological polar surface area (TPSA) is 84.2 Å². The van der Waals surface area contributed by atoms with Crippen molar-refractivity contribution >= 4 is 17.6 Å². The molecule has 2 aromatic rings. The maximum absolute atomic E-state index is 12.5. The van der Waals surface area contributed by atoms with Gasteiger partial charge in [-0.05, 0) is 51.8 Å². The minimum absolute atomic E-state index is 0.163. The number of nitrogens with one attached hydrogen (secondary N) is 1. The highest BCUT2D eigenvalue weighted by Gasteiger charge is 2.18. The number of anilines is 1. The first kappa shape index (κ1) is 16.7. The lowest BCUT2D eigenvalue weighted by molar-refractivity contribution is 0.0695. The Morgan fingerprint density at radius 2 is 1.78 bits per heavy atom. The number of carboxylic acids is 1. The average Bonchev–Trinajstić information content (AvgIpc) is 2.83.